The number of hydrogen-bond donors (Lipinski definition) is 0. The minimum Gasteiger partial charge on any atom is -0.497 e. The van der Waals surface area contributed by atoms with E-state index in [1.807, 2.05) is 18.2 Å². The van der Waals surface area contributed by atoms with Crippen molar-refractivity contribution in [3.8, 4) is 11.5 Å². The molecule has 0 radical (unpaired) electrons. The van der Waals surface area contributed by atoms with Gasteiger partial charge >= 0.3 is 6.09 Å². The maximum Gasteiger partial charge on any atom is 0.409 e. The molecule has 2 aromatic rings. The van der Waals surface area contributed by atoms with Crippen molar-refractivity contribution in [3.05, 3.63) is 58.7 Å². The molecule has 2 aromatic carbocycles. The van der Waals surface area contributed by atoms with Gasteiger partial charge in [0, 0.05) is 49.8 Å². The maximum atomic E-state index is 13.7. The van der Waals surface area contributed by atoms with Crippen molar-refractivity contribution in [1.29, 1.82) is 0 Å². The highest BCUT2D eigenvalue weighted by Gasteiger charge is 2.36. The lowest BCUT2D eigenvalue weighted by atomic mass is 9.94. The summed E-state index contributed by atoms with van der Waals surface area (Å²) in [5.41, 5.74) is 5.08. The van der Waals surface area contributed by atoms with Gasteiger partial charge in [0.1, 0.15) is 11.5 Å². The third-order valence-electron chi connectivity index (χ3n) is 6.93. The van der Waals surface area contributed by atoms with Crippen LogP contribution in [0.4, 0.5) is 4.79 Å². The van der Waals surface area contributed by atoms with Crippen LogP contribution in [0.25, 0.3) is 0 Å². The Morgan fingerprint density at radius 3 is 2.43 bits per heavy atom. The number of benzene rings is 2. The van der Waals surface area contributed by atoms with E-state index in [0.717, 1.165) is 28.0 Å². The summed E-state index contributed by atoms with van der Waals surface area (Å²) in [4.78, 5) is 29.5. The Bertz CT molecular complexity index is 1170. The van der Waals surface area contributed by atoms with E-state index < -0.39 is 0 Å². The number of nitrogens with zero attached hydrogens (tertiary/aromatic N) is 4. The average molecular weight is 509 g/mol. The van der Waals surface area contributed by atoms with Gasteiger partial charge in [0.15, 0.2) is 0 Å². The third-order valence-corrected chi connectivity index (χ3v) is 6.93. The molecule has 1 atom stereocenters. The van der Waals surface area contributed by atoms with Gasteiger partial charge in [-0.2, -0.15) is 5.10 Å². The molecule has 4 rings (SSSR count). The van der Waals surface area contributed by atoms with Gasteiger partial charge in [-0.3, -0.25) is 9.69 Å². The van der Waals surface area contributed by atoms with Crippen molar-refractivity contribution in [2.45, 2.75) is 33.2 Å². The van der Waals surface area contributed by atoms with Gasteiger partial charge in [0.2, 0.25) is 0 Å². The van der Waals surface area contributed by atoms with Crippen molar-refractivity contribution >= 4 is 17.7 Å². The largest absolute Gasteiger partial charge is 0.497 e. The van der Waals surface area contributed by atoms with E-state index in [1.54, 1.807) is 31.1 Å². The molecule has 37 heavy (non-hydrogen) atoms. The van der Waals surface area contributed by atoms with Crippen LogP contribution in [0.5, 0.6) is 11.5 Å². The number of hydrogen-bond acceptors (Lipinski definition) is 7. The summed E-state index contributed by atoms with van der Waals surface area (Å²) in [6.45, 7) is 8.74. The van der Waals surface area contributed by atoms with Crippen LogP contribution >= 0.6 is 0 Å². The molecule has 1 saturated heterocycles. The van der Waals surface area contributed by atoms with E-state index in [1.165, 1.54) is 0 Å². The minimum atomic E-state index is -0.303. The topological polar surface area (TPSA) is 83.9 Å². The van der Waals surface area contributed by atoms with Gasteiger partial charge in [0.05, 0.1) is 39.1 Å². The van der Waals surface area contributed by atoms with Crippen LogP contribution < -0.4 is 9.47 Å². The van der Waals surface area contributed by atoms with Crippen LogP contribution in [-0.4, -0.2) is 86.1 Å². The van der Waals surface area contributed by atoms with Gasteiger partial charge in [-0.1, -0.05) is 17.7 Å². The number of ether oxygens (including phenoxy) is 3. The predicted octanol–water partition coefficient (Wildman–Crippen LogP) is 3.77. The number of aryl methyl sites for hydroxylation is 2. The van der Waals surface area contributed by atoms with Crippen LogP contribution in [0.1, 0.15) is 41.6 Å². The Morgan fingerprint density at radius 2 is 1.76 bits per heavy atom. The summed E-state index contributed by atoms with van der Waals surface area (Å²) >= 11 is 0. The van der Waals surface area contributed by atoms with Crippen LogP contribution in [0, 0.1) is 13.8 Å². The van der Waals surface area contributed by atoms with E-state index in [9.17, 15) is 9.59 Å². The van der Waals surface area contributed by atoms with E-state index in [2.05, 4.69) is 36.9 Å². The highest BCUT2D eigenvalue weighted by Crippen LogP contribution is 2.39. The number of carbonyl (C=O) groups excluding carboxylic acids is 2. The number of rotatable bonds is 7. The molecule has 1 fully saturated rings. The summed E-state index contributed by atoms with van der Waals surface area (Å²) in [5.74, 6) is 1.25. The lowest BCUT2D eigenvalue weighted by molar-refractivity contribution is -0.134. The number of amides is 2. The van der Waals surface area contributed by atoms with Crippen LogP contribution in [0.2, 0.25) is 0 Å². The third kappa shape index (κ3) is 5.88. The summed E-state index contributed by atoms with van der Waals surface area (Å²) < 4.78 is 16.2. The molecule has 0 saturated carbocycles. The zero-order valence-corrected chi connectivity index (χ0v) is 22.3. The van der Waals surface area contributed by atoms with Crippen molar-refractivity contribution in [1.82, 2.24) is 14.8 Å². The molecule has 0 N–H and O–H groups in total. The molecule has 2 aliphatic heterocycles. The molecular formula is C28H36N4O5. The Morgan fingerprint density at radius 1 is 1.00 bits per heavy atom. The zero-order valence-electron chi connectivity index (χ0n) is 22.3. The molecule has 198 valence electrons. The van der Waals surface area contributed by atoms with Crippen molar-refractivity contribution in [2.24, 2.45) is 5.10 Å². The number of methoxy groups -OCH3 is 2. The molecular weight excluding hydrogens is 472 g/mol. The molecule has 0 unspecified atom stereocenters. The summed E-state index contributed by atoms with van der Waals surface area (Å²) in [5, 5.41) is 6.48. The normalized spacial score (nSPS) is 18.0. The Hall–Kier alpha value is -3.59. The van der Waals surface area contributed by atoms with Gasteiger partial charge in [-0.25, -0.2) is 9.80 Å². The molecule has 9 heteroatoms. The molecule has 0 aromatic heterocycles. The first-order valence-electron chi connectivity index (χ1n) is 12.7. The van der Waals surface area contributed by atoms with Gasteiger partial charge < -0.3 is 19.1 Å². The lowest BCUT2D eigenvalue weighted by Gasteiger charge is -2.34. The first-order valence-corrected chi connectivity index (χ1v) is 12.7. The number of hydrazone groups is 1. The molecule has 0 bridgehead atoms. The second-order valence-electron chi connectivity index (χ2n) is 9.39. The fourth-order valence-corrected chi connectivity index (χ4v) is 4.85. The average Bonchev–Trinajstić information content (AvgIpc) is 3.35. The molecule has 0 aliphatic carbocycles. The monoisotopic (exact) mass is 508 g/mol. The fourth-order valence-electron chi connectivity index (χ4n) is 4.85. The molecule has 9 nitrogen and oxygen atoms in total. The SMILES string of the molecule is CCOC(=O)N1CCN(CC(=O)N2N=C(c3cc(C)ccc3C)C[C@H]2c2ccc(OC)cc2OC)CC1. The zero-order chi connectivity index (χ0) is 26.5. The maximum absolute atomic E-state index is 13.7. The summed E-state index contributed by atoms with van der Waals surface area (Å²) in [7, 11) is 3.23. The Labute approximate surface area is 218 Å². The Balaban J connectivity index is 1.58. The second-order valence-corrected chi connectivity index (χ2v) is 9.39. The molecule has 2 amide bonds. The quantitative estimate of drug-likeness (QED) is 0.566. The van der Waals surface area contributed by atoms with Crippen molar-refractivity contribution in [2.75, 3.05) is 53.6 Å². The van der Waals surface area contributed by atoms with Crippen molar-refractivity contribution < 1.29 is 23.8 Å². The molecule has 0 spiro atoms. The second kappa shape index (κ2) is 11.6. The lowest BCUT2D eigenvalue weighted by Crippen LogP contribution is -2.51. The predicted molar refractivity (Wildman–Crippen MR) is 141 cm³/mol. The van der Waals surface area contributed by atoms with Crippen molar-refractivity contribution in [3.63, 3.8) is 0 Å². The van der Waals surface area contributed by atoms with E-state index in [0.29, 0.717) is 50.7 Å². The van der Waals surface area contributed by atoms with E-state index in [4.69, 9.17) is 19.3 Å². The first kappa shape index (κ1) is 26.5. The first-order chi connectivity index (χ1) is 17.8. The van der Waals surface area contributed by atoms with Crippen LogP contribution in [0.3, 0.4) is 0 Å². The molecule has 2 aliphatic rings. The fraction of sp³-hybridized carbons (Fsp3) is 0.464. The minimum absolute atomic E-state index is 0.0900. The highest BCUT2D eigenvalue weighted by atomic mass is 16.6. The van der Waals surface area contributed by atoms with E-state index >= 15 is 0 Å². The van der Waals surface area contributed by atoms with Gasteiger partial charge in [-0.05, 0) is 44.5 Å². The standard InChI is InChI=1S/C28H36N4O5/c1-6-37-28(34)31-13-11-30(12-14-31)18-27(33)32-25(22-10-9-21(35-4)16-26(22)36-5)17-24(29-32)23-15-19(2)7-8-20(23)3/h7-10,15-16,25H,6,11-14,17-18H2,1-5H3/t25-/m0/s1. The Kier molecular flexibility index (Phi) is 8.33. The summed E-state index contributed by atoms with van der Waals surface area (Å²) in [6.07, 6.45) is 0.275. The molecule has 2 heterocycles. The number of piperazine rings is 1. The van der Waals surface area contributed by atoms with Crippen LogP contribution in [0.15, 0.2) is 41.5 Å². The number of carbonyl (C=O) groups is 2. The van der Waals surface area contributed by atoms with Crippen LogP contribution in [-0.2, 0) is 9.53 Å². The highest BCUT2D eigenvalue weighted by molar-refractivity contribution is 6.04. The van der Waals surface area contributed by atoms with Gasteiger partial charge in [-0.15, -0.1) is 0 Å². The van der Waals surface area contributed by atoms with E-state index in [-0.39, 0.29) is 24.6 Å². The summed E-state index contributed by atoms with van der Waals surface area (Å²) in [6, 6.07) is 11.7. The smallest absolute Gasteiger partial charge is 0.409 e. The van der Waals surface area contributed by atoms with Gasteiger partial charge in [0.25, 0.3) is 5.91 Å².